The molecule has 2 aromatic rings. The van der Waals surface area contributed by atoms with E-state index >= 15 is 0 Å². The molecule has 0 heterocycles. The molecule has 2 aromatic carbocycles. The summed E-state index contributed by atoms with van der Waals surface area (Å²) in [4.78, 5) is 4.41. The van der Waals surface area contributed by atoms with Crippen LogP contribution >= 0.6 is 23.2 Å². The first-order chi connectivity index (χ1) is 9.72. The van der Waals surface area contributed by atoms with Crippen molar-refractivity contribution < 1.29 is 4.74 Å². The predicted octanol–water partition coefficient (Wildman–Crippen LogP) is 5.31. The lowest BCUT2D eigenvalue weighted by molar-refractivity contribution is 0.414. The van der Waals surface area contributed by atoms with Crippen molar-refractivity contribution in [1.29, 1.82) is 0 Å². The van der Waals surface area contributed by atoms with Crippen molar-refractivity contribution in [3.63, 3.8) is 0 Å². The molecule has 0 amide bonds. The van der Waals surface area contributed by atoms with E-state index in [9.17, 15) is 0 Å². The lowest BCUT2D eigenvalue weighted by atomic mass is 10.1. The van der Waals surface area contributed by atoms with Gasteiger partial charge in [0.25, 0.3) is 0 Å². The first-order valence-corrected chi connectivity index (χ1v) is 6.79. The molecular weight excluding hydrogens is 293 g/mol. The summed E-state index contributed by atoms with van der Waals surface area (Å²) >= 11 is 11.5. The molecule has 0 saturated carbocycles. The van der Waals surface area contributed by atoms with Gasteiger partial charge in [0.1, 0.15) is 5.75 Å². The molecule has 0 atom stereocenters. The van der Waals surface area contributed by atoms with Gasteiger partial charge in [-0.25, -0.2) is 0 Å². The van der Waals surface area contributed by atoms with Crippen molar-refractivity contribution >= 4 is 41.2 Å². The summed E-state index contributed by atoms with van der Waals surface area (Å²) < 4.78 is 5.20. The van der Waals surface area contributed by atoms with Gasteiger partial charge in [0.2, 0.25) is 0 Å². The number of hydrogen-bond donors (Lipinski definition) is 0. The van der Waals surface area contributed by atoms with Gasteiger partial charge < -0.3 is 4.74 Å². The van der Waals surface area contributed by atoms with E-state index in [4.69, 9.17) is 27.9 Å². The fourth-order valence-electron chi connectivity index (χ4n) is 1.68. The van der Waals surface area contributed by atoms with Crippen molar-refractivity contribution in [2.45, 2.75) is 0 Å². The standard InChI is InChI=1S/C16H13Cl2NO/c1-20-16-7-2-13(12(10-16)8-9-17)11-19-15-5-3-14(18)4-6-15/h2-11H,1H3/b9-8-,19-11?. The molecule has 0 fully saturated rings. The third-order valence-corrected chi connectivity index (χ3v) is 3.09. The van der Waals surface area contributed by atoms with Crippen molar-refractivity contribution in [3.8, 4) is 5.75 Å². The average molecular weight is 306 g/mol. The van der Waals surface area contributed by atoms with Gasteiger partial charge in [-0.05, 0) is 54.1 Å². The number of methoxy groups -OCH3 is 1. The van der Waals surface area contributed by atoms with E-state index in [0.29, 0.717) is 5.02 Å². The lowest BCUT2D eigenvalue weighted by Gasteiger charge is -2.04. The zero-order chi connectivity index (χ0) is 14.4. The highest BCUT2D eigenvalue weighted by Gasteiger charge is 2.00. The molecular formula is C16H13Cl2NO. The van der Waals surface area contributed by atoms with Gasteiger partial charge in [0.05, 0.1) is 12.8 Å². The largest absolute Gasteiger partial charge is 0.497 e. The summed E-state index contributed by atoms with van der Waals surface area (Å²) in [6, 6.07) is 13.1. The second-order valence-electron chi connectivity index (χ2n) is 4.02. The normalized spacial score (nSPS) is 11.3. The van der Waals surface area contributed by atoms with Crippen LogP contribution in [0.15, 0.2) is 53.0 Å². The number of benzene rings is 2. The van der Waals surface area contributed by atoms with Crippen LogP contribution < -0.4 is 4.74 Å². The van der Waals surface area contributed by atoms with E-state index < -0.39 is 0 Å². The van der Waals surface area contributed by atoms with Crippen LogP contribution in [0.1, 0.15) is 11.1 Å². The van der Waals surface area contributed by atoms with Crippen LogP contribution in [0.25, 0.3) is 6.08 Å². The molecule has 0 bridgehead atoms. The molecule has 2 nitrogen and oxygen atoms in total. The van der Waals surface area contributed by atoms with E-state index in [0.717, 1.165) is 22.6 Å². The second kappa shape index (κ2) is 7.13. The first-order valence-electron chi connectivity index (χ1n) is 5.97. The minimum absolute atomic E-state index is 0.694. The maximum Gasteiger partial charge on any atom is 0.119 e. The van der Waals surface area contributed by atoms with E-state index in [2.05, 4.69) is 4.99 Å². The monoisotopic (exact) mass is 305 g/mol. The third-order valence-electron chi connectivity index (χ3n) is 2.72. The zero-order valence-electron chi connectivity index (χ0n) is 10.9. The zero-order valence-corrected chi connectivity index (χ0v) is 12.4. The number of rotatable bonds is 4. The molecule has 2 rings (SSSR count). The van der Waals surface area contributed by atoms with E-state index in [-0.39, 0.29) is 0 Å². The smallest absolute Gasteiger partial charge is 0.119 e. The van der Waals surface area contributed by atoms with E-state index in [1.54, 1.807) is 19.4 Å². The number of halogens is 2. The van der Waals surface area contributed by atoms with Gasteiger partial charge in [-0.1, -0.05) is 23.2 Å². The molecule has 0 aliphatic heterocycles. The van der Waals surface area contributed by atoms with Crippen LogP contribution in [0.2, 0.25) is 5.02 Å². The van der Waals surface area contributed by atoms with E-state index in [1.807, 2.05) is 42.5 Å². The molecule has 4 heteroatoms. The molecule has 0 aliphatic carbocycles. The summed E-state index contributed by atoms with van der Waals surface area (Å²) in [5.74, 6) is 0.776. The highest BCUT2D eigenvalue weighted by molar-refractivity contribution is 6.30. The van der Waals surface area contributed by atoms with Crippen molar-refractivity contribution in [2.75, 3.05) is 7.11 Å². The van der Waals surface area contributed by atoms with Crippen molar-refractivity contribution in [1.82, 2.24) is 0 Å². The number of nitrogens with zero attached hydrogens (tertiary/aromatic N) is 1. The quantitative estimate of drug-likeness (QED) is 0.702. The highest BCUT2D eigenvalue weighted by Crippen LogP contribution is 2.20. The van der Waals surface area contributed by atoms with Gasteiger partial charge in [0.15, 0.2) is 0 Å². The van der Waals surface area contributed by atoms with Gasteiger partial charge in [-0.15, -0.1) is 0 Å². The Balaban J connectivity index is 2.30. The van der Waals surface area contributed by atoms with E-state index in [1.165, 1.54) is 5.54 Å². The lowest BCUT2D eigenvalue weighted by Crippen LogP contribution is -1.89. The van der Waals surface area contributed by atoms with Crippen molar-refractivity contribution in [3.05, 3.63) is 64.1 Å². The summed E-state index contributed by atoms with van der Waals surface area (Å²) in [5, 5.41) is 0.694. The van der Waals surface area contributed by atoms with Crippen molar-refractivity contribution in [2.24, 2.45) is 4.99 Å². The molecule has 20 heavy (non-hydrogen) atoms. The fourth-order valence-corrected chi connectivity index (χ4v) is 1.94. The minimum Gasteiger partial charge on any atom is -0.497 e. The fraction of sp³-hybridized carbons (Fsp3) is 0.0625. The topological polar surface area (TPSA) is 21.6 Å². The Morgan fingerprint density at radius 2 is 1.80 bits per heavy atom. The van der Waals surface area contributed by atoms with Crippen LogP contribution in [-0.2, 0) is 0 Å². The number of hydrogen-bond acceptors (Lipinski definition) is 2. The average Bonchev–Trinajstić information content (AvgIpc) is 2.48. The van der Waals surface area contributed by atoms with Gasteiger partial charge in [0, 0.05) is 22.3 Å². The molecule has 0 radical (unpaired) electrons. The Morgan fingerprint density at radius 1 is 1.05 bits per heavy atom. The molecule has 0 saturated heterocycles. The van der Waals surface area contributed by atoms with Crippen LogP contribution in [0, 0.1) is 0 Å². The Kier molecular flexibility index (Phi) is 5.22. The molecule has 0 spiro atoms. The van der Waals surface area contributed by atoms with Crippen LogP contribution in [0.5, 0.6) is 5.75 Å². The minimum atomic E-state index is 0.694. The molecule has 0 N–H and O–H groups in total. The second-order valence-corrected chi connectivity index (χ2v) is 4.71. The van der Waals surface area contributed by atoms with Gasteiger partial charge in [-0.2, -0.15) is 0 Å². The summed E-state index contributed by atoms with van der Waals surface area (Å²) in [6.45, 7) is 0. The molecule has 0 aromatic heterocycles. The highest BCUT2D eigenvalue weighted by atomic mass is 35.5. The van der Waals surface area contributed by atoms with Gasteiger partial charge >= 0.3 is 0 Å². The summed E-state index contributed by atoms with van der Waals surface area (Å²) in [6.07, 6.45) is 3.59. The third kappa shape index (κ3) is 3.86. The van der Waals surface area contributed by atoms with Gasteiger partial charge in [-0.3, -0.25) is 4.99 Å². The first kappa shape index (κ1) is 14.6. The maximum absolute atomic E-state index is 5.84. The summed E-state index contributed by atoms with van der Waals surface area (Å²) in [7, 11) is 1.63. The number of aliphatic imine (C=N–C) groups is 1. The molecule has 0 unspecified atom stereocenters. The number of ether oxygens (including phenoxy) is 1. The predicted molar refractivity (Wildman–Crippen MR) is 86.6 cm³/mol. The molecule has 0 aliphatic rings. The Bertz CT molecular complexity index is 633. The Morgan fingerprint density at radius 3 is 2.45 bits per heavy atom. The molecule has 102 valence electrons. The van der Waals surface area contributed by atoms with Crippen LogP contribution in [-0.4, -0.2) is 13.3 Å². The van der Waals surface area contributed by atoms with Crippen LogP contribution in [0.3, 0.4) is 0 Å². The van der Waals surface area contributed by atoms with Crippen LogP contribution in [0.4, 0.5) is 5.69 Å². The Labute approximate surface area is 128 Å². The summed E-state index contributed by atoms with van der Waals surface area (Å²) in [5.41, 5.74) is 4.20. The maximum atomic E-state index is 5.84. The Hall–Kier alpha value is -1.77. The SMILES string of the molecule is COc1ccc(C=Nc2ccc(Cl)cc2)c(/C=C\Cl)c1.